The first-order valence-corrected chi connectivity index (χ1v) is 9.38. The third-order valence-electron chi connectivity index (χ3n) is 4.80. The first-order chi connectivity index (χ1) is 11.8. The molecule has 1 amide bonds. The number of aromatic hydroxyl groups is 1. The molecule has 25 heavy (non-hydrogen) atoms. The lowest BCUT2D eigenvalue weighted by atomic mass is 9.87. The van der Waals surface area contributed by atoms with Crippen LogP contribution in [0.4, 0.5) is 4.79 Å². The van der Waals surface area contributed by atoms with E-state index in [1.54, 1.807) is 6.07 Å². The average Bonchev–Trinajstić information content (AvgIpc) is 3.34. The van der Waals surface area contributed by atoms with Crippen molar-refractivity contribution in [3.63, 3.8) is 0 Å². The average molecular weight is 346 g/mol. The minimum Gasteiger partial charge on any atom is -0.508 e. The molecule has 1 atom stereocenters. The van der Waals surface area contributed by atoms with Gasteiger partial charge in [0.05, 0.1) is 0 Å². The van der Waals surface area contributed by atoms with E-state index in [4.69, 9.17) is 4.74 Å². The normalized spacial score (nSPS) is 20.0. The number of phenolic OH excluding ortho intramolecular Hbond substituents is 1. The highest BCUT2D eigenvalue weighted by Crippen LogP contribution is 2.32. The van der Waals surface area contributed by atoms with Crippen LogP contribution in [0.15, 0.2) is 18.2 Å². The predicted octanol–water partition coefficient (Wildman–Crippen LogP) is 3.76. The summed E-state index contributed by atoms with van der Waals surface area (Å²) in [4.78, 5) is 14.3. The summed E-state index contributed by atoms with van der Waals surface area (Å²) in [5.41, 5.74) is 2.05. The number of rotatable bonds is 5. The van der Waals surface area contributed by atoms with E-state index in [2.05, 4.69) is 5.32 Å². The van der Waals surface area contributed by atoms with Crippen molar-refractivity contribution in [3.8, 4) is 5.75 Å². The molecule has 5 nitrogen and oxygen atoms in total. The Morgan fingerprint density at radius 2 is 2.08 bits per heavy atom. The number of aryl methyl sites for hydroxylation is 1. The van der Waals surface area contributed by atoms with Crippen LogP contribution in [0.1, 0.15) is 63.6 Å². The molecule has 1 saturated carbocycles. The van der Waals surface area contributed by atoms with E-state index in [1.807, 2.05) is 37.8 Å². The summed E-state index contributed by atoms with van der Waals surface area (Å²) in [5, 5.41) is 13.3. The number of fused-ring (bicyclic) bond motifs is 1. The molecule has 1 aromatic rings. The fourth-order valence-corrected chi connectivity index (χ4v) is 3.50. The Morgan fingerprint density at radius 3 is 2.76 bits per heavy atom. The zero-order valence-corrected chi connectivity index (χ0v) is 15.5. The van der Waals surface area contributed by atoms with Gasteiger partial charge in [-0.05, 0) is 76.1 Å². The van der Waals surface area contributed by atoms with Gasteiger partial charge in [0.15, 0.2) is 0 Å². The molecule has 0 heterocycles. The molecule has 3 rings (SSSR count). The Labute approximate surface area is 150 Å². The van der Waals surface area contributed by atoms with Gasteiger partial charge >= 0.3 is 6.09 Å². The van der Waals surface area contributed by atoms with Gasteiger partial charge in [-0.1, -0.05) is 6.07 Å². The van der Waals surface area contributed by atoms with E-state index in [0.29, 0.717) is 24.4 Å². The highest BCUT2D eigenvalue weighted by atomic mass is 16.6. The maximum Gasteiger partial charge on any atom is 0.410 e. The third-order valence-corrected chi connectivity index (χ3v) is 4.80. The summed E-state index contributed by atoms with van der Waals surface area (Å²) in [6, 6.07) is 6.29. The van der Waals surface area contributed by atoms with E-state index in [1.165, 1.54) is 11.1 Å². The van der Waals surface area contributed by atoms with Crippen LogP contribution in [0.5, 0.6) is 5.75 Å². The van der Waals surface area contributed by atoms with Crippen molar-refractivity contribution < 1.29 is 14.6 Å². The molecule has 5 heteroatoms. The Balaban J connectivity index is 1.56. The fourth-order valence-electron chi connectivity index (χ4n) is 3.50. The molecule has 0 aromatic heterocycles. The van der Waals surface area contributed by atoms with E-state index < -0.39 is 5.60 Å². The van der Waals surface area contributed by atoms with Gasteiger partial charge in [0, 0.05) is 25.2 Å². The Hall–Kier alpha value is -1.75. The standard InChI is InChI=1S/C20H30N2O3/c1-20(2,3)25-19(24)22(15-7-8-15)12-11-21-18-6-4-5-14-13-16(23)9-10-17(14)18/h9-10,13,15,18,21,23H,4-8,11-12H2,1-3H3. The van der Waals surface area contributed by atoms with Crippen LogP contribution in [-0.2, 0) is 11.2 Å². The first kappa shape index (κ1) is 18.1. The first-order valence-electron chi connectivity index (χ1n) is 9.38. The third kappa shape index (κ3) is 4.88. The van der Waals surface area contributed by atoms with Gasteiger partial charge in [0.25, 0.3) is 0 Å². The van der Waals surface area contributed by atoms with Crippen molar-refractivity contribution in [2.45, 2.75) is 70.6 Å². The zero-order chi connectivity index (χ0) is 18.0. The molecule has 1 fully saturated rings. The topological polar surface area (TPSA) is 61.8 Å². The number of hydrogen-bond acceptors (Lipinski definition) is 4. The summed E-state index contributed by atoms with van der Waals surface area (Å²) in [7, 11) is 0. The minimum atomic E-state index is -0.456. The molecule has 1 unspecified atom stereocenters. The number of nitrogens with one attached hydrogen (secondary N) is 1. The lowest BCUT2D eigenvalue weighted by molar-refractivity contribution is 0.0234. The minimum absolute atomic E-state index is 0.203. The molecule has 0 saturated heterocycles. The SMILES string of the molecule is CC(C)(C)OC(=O)N(CCNC1CCCc2cc(O)ccc21)C1CC1. The quantitative estimate of drug-likeness (QED) is 0.852. The van der Waals surface area contributed by atoms with Gasteiger partial charge in [-0.3, -0.25) is 0 Å². The van der Waals surface area contributed by atoms with Crippen LogP contribution >= 0.6 is 0 Å². The number of hydrogen-bond donors (Lipinski definition) is 2. The molecule has 2 N–H and O–H groups in total. The molecule has 0 bridgehead atoms. The van der Waals surface area contributed by atoms with Gasteiger partial charge in [-0.15, -0.1) is 0 Å². The Morgan fingerprint density at radius 1 is 1.32 bits per heavy atom. The van der Waals surface area contributed by atoms with Crippen molar-refractivity contribution >= 4 is 6.09 Å². The second-order valence-electron chi connectivity index (χ2n) is 8.19. The van der Waals surface area contributed by atoms with Crippen molar-refractivity contribution in [2.24, 2.45) is 0 Å². The molecule has 1 aromatic carbocycles. The smallest absolute Gasteiger partial charge is 0.410 e. The number of nitrogens with zero attached hydrogens (tertiary/aromatic N) is 1. The van der Waals surface area contributed by atoms with Crippen molar-refractivity contribution in [2.75, 3.05) is 13.1 Å². The molecule has 0 aliphatic heterocycles. The van der Waals surface area contributed by atoms with Gasteiger partial charge in [0.1, 0.15) is 11.4 Å². The van der Waals surface area contributed by atoms with E-state index in [0.717, 1.165) is 38.6 Å². The monoisotopic (exact) mass is 346 g/mol. The predicted molar refractivity (Wildman–Crippen MR) is 97.8 cm³/mol. The Bertz CT molecular complexity index is 620. The van der Waals surface area contributed by atoms with Gasteiger partial charge < -0.3 is 20.1 Å². The van der Waals surface area contributed by atoms with Gasteiger partial charge in [0.2, 0.25) is 0 Å². The molecule has 0 radical (unpaired) electrons. The summed E-state index contributed by atoms with van der Waals surface area (Å²) < 4.78 is 5.54. The highest BCUT2D eigenvalue weighted by molar-refractivity contribution is 5.69. The Kier molecular flexibility index (Phi) is 5.23. The molecule has 2 aliphatic rings. The van der Waals surface area contributed by atoms with Crippen molar-refractivity contribution in [3.05, 3.63) is 29.3 Å². The second-order valence-corrected chi connectivity index (χ2v) is 8.19. The van der Waals surface area contributed by atoms with Gasteiger partial charge in [-0.2, -0.15) is 0 Å². The van der Waals surface area contributed by atoms with Crippen LogP contribution in [0.2, 0.25) is 0 Å². The molecular weight excluding hydrogens is 316 g/mol. The molecule has 138 valence electrons. The number of amides is 1. The van der Waals surface area contributed by atoms with E-state index in [9.17, 15) is 9.90 Å². The van der Waals surface area contributed by atoms with Crippen LogP contribution in [0, 0.1) is 0 Å². The number of carbonyl (C=O) groups excluding carboxylic acids is 1. The van der Waals surface area contributed by atoms with Crippen LogP contribution in [0.25, 0.3) is 0 Å². The van der Waals surface area contributed by atoms with Crippen LogP contribution in [0.3, 0.4) is 0 Å². The van der Waals surface area contributed by atoms with Crippen LogP contribution in [-0.4, -0.2) is 40.8 Å². The number of carbonyl (C=O) groups is 1. The van der Waals surface area contributed by atoms with E-state index in [-0.39, 0.29) is 6.09 Å². The highest BCUT2D eigenvalue weighted by Gasteiger charge is 2.35. The van der Waals surface area contributed by atoms with Gasteiger partial charge in [-0.25, -0.2) is 4.79 Å². The summed E-state index contributed by atoms with van der Waals surface area (Å²) in [6.07, 6.45) is 5.18. The molecular formula is C20H30N2O3. The van der Waals surface area contributed by atoms with Crippen molar-refractivity contribution in [1.82, 2.24) is 10.2 Å². The van der Waals surface area contributed by atoms with Crippen molar-refractivity contribution in [1.29, 1.82) is 0 Å². The molecule has 0 spiro atoms. The van der Waals surface area contributed by atoms with Crippen LogP contribution < -0.4 is 5.32 Å². The maximum absolute atomic E-state index is 12.4. The molecule has 2 aliphatic carbocycles. The largest absolute Gasteiger partial charge is 0.508 e. The second kappa shape index (κ2) is 7.24. The fraction of sp³-hybridized carbons (Fsp3) is 0.650. The maximum atomic E-state index is 12.4. The lowest BCUT2D eigenvalue weighted by Crippen LogP contribution is -2.42. The lowest BCUT2D eigenvalue weighted by Gasteiger charge is -2.30. The summed E-state index contributed by atoms with van der Waals surface area (Å²) in [5.74, 6) is 0.337. The zero-order valence-electron chi connectivity index (χ0n) is 15.5. The van der Waals surface area contributed by atoms with E-state index >= 15 is 0 Å². The summed E-state index contributed by atoms with van der Waals surface area (Å²) >= 11 is 0. The summed E-state index contributed by atoms with van der Waals surface area (Å²) in [6.45, 7) is 7.14. The number of phenols is 1. The number of ether oxygens (including phenoxy) is 1. The number of benzene rings is 1.